The van der Waals surface area contributed by atoms with Crippen LogP contribution in [-0.4, -0.2) is 0 Å². The average Bonchev–Trinajstić information content (AvgIpc) is 2.42. The van der Waals surface area contributed by atoms with Gasteiger partial charge in [0.25, 0.3) is 0 Å². The topological polar surface area (TPSA) is 0 Å². The van der Waals surface area contributed by atoms with Gasteiger partial charge < -0.3 is 0 Å². The molecule has 0 saturated carbocycles. The summed E-state index contributed by atoms with van der Waals surface area (Å²) in [4.78, 5) is 0. The molecule has 0 aliphatic heterocycles. The summed E-state index contributed by atoms with van der Waals surface area (Å²) in [6.45, 7) is 2.01. The third-order valence-corrected chi connectivity index (χ3v) is 2.94. The maximum atomic E-state index is 13.2. The molecule has 0 amide bonds. The summed E-state index contributed by atoms with van der Waals surface area (Å²) in [5.41, 5.74) is 3.02. The number of alkyl halides is 1. The Morgan fingerprint density at radius 2 is 2.25 bits per heavy atom. The van der Waals surface area contributed by atoms with Gasteiger partial charge in [0.05, 0.1) is 5.38 Å². The van der Waals surface area contributed by atoms with E-state index < -0.39 is 0 Å². The van der Waals surface area contributed by atoms with Crippen molar-refractivity contribution in [2.24, 2.45) is 0 Å². The van der Waals surface area contributed by atoms with E-state index in [0.717, 1.165) is 29.5 Å². The first-order valence-electron chi connectivity index (χ1n) is 4.12. The van der Waals surface area contributed by atoms with Gasteiger partial charge in [-0.2, -0.15) is 0 Å². The number of hydrogen-bond donors (Lipinski definition) is 0. The smallest absolute Gasteiger partial charge is 0.128 e. The van der Waals surface area contributed by atoms with Gasteiger partial charge in [0.1, 0.15) is 5.82 Å². The summed E-state index contributed by atoms with van der Waals surface area (Å²) in [6, 6.07) is 3.33. The van der Waals surface area contributed by atoms with Gasteiger partial charge in [-0.3, -0.25) is 0 Å². The maximum absolute atomic E-state index is 13.2. The monoisotopic (exact) mass is 184 g/mol. The van der Waals surface area contributed by atoms with Gasteiger partial charge in [0.2, 0.25) is 0 Å². The van der Waals surface area contributed by atoms with Crippen molar-refractivity contribution in [1.29, 1.82) is 0 Å². The molecule has 1 aliphatic carbocycles. The zero-order valence-electron chi connectivity index (χ0n) is 6.90. The number of halogens is 2. The molecule has 2 rings (SSSR count). The molecular weight excluding hydrogens is 175 g/mol. The Morgan fingerprint density at radius 1 is 1.50 bits per heavy atom. The van der Waals surface area contributed by atoms with Crippen molar-refractivity contribution in [2.45, 2.75) is 25.1 Å². The van der Waals surface area contributed by atoms with E-state index in [-0.39, 0.29) is 11.2 Å². The molecule has 1 aliphatic rings. The average molecular weight is 185 g/mol. The summed E-state index contributed by atoms with van der Waals surface area (Å²) >= 11 is 5.98. The van der Waals surface area contributed by atoms with Crippen LogP contribution in [0.1, 0.15) is 28.5 Å². The predicted molar refractivity (Wildman–Crippen MR) is 48.1 cm³/mol. The van der Waals surface area contributed by atoms with Gasteiger partial charge in [0, 0.05) is 5.56 Å². The number of hydrogen-bond acceptors (Lipinski definition) is 0. The highest BCUT2D eigenvalue weighted by molar-refractivity contribution is 6.21. The van der Waals surface area contributed by atoms with E-state index in [0.29, 0.717) is 0 Å². The molecule has 64 valence electrons. The molecule has 0 bridgehead atoms. The highest BCUT2D eigenvalue weighted by Crippen LogP contribution is 2.39. The normalized spacial score (nSPS) is 21.1. The minimum atomic E-state index is -0.145. The van der Waals surface area contributed by atoms with Gasteiger partial charge >= 0.3 is 0 Å². The van der Waals surface area contributed by atoms with E-state index in [4.69, 9.17) is 11.6 Å². The Hall–Kier alpha value is -0.560. The van der Waals surface area contributed by atoms with Gasteiger partial charge in [-0.1, -0.05) is 6.07 Å². The van der Waals surface area contributed by atoms with Crippen LogP contribution in [0.4, 0.5) is 4.39 Å². The van der Waals surface area contributed by atoms with Crippen LogP contribution >= 0.6 is 11.6 Å². The maximum Gasteiger partial charge on any atom is 0.128 e. The third kappa shape index (κ3) is 1.04. The van der Waals surface area contributed by atoms with Crippen molar-refractivity contribution < 1.29 is 4.39 Å². The van der Waals surface area contributed by atoms with Gasteiger partial charge in [-0.25, -0.2) is 4.39 Å². The standard InChI is InChI=1S/C10H10ClF/c1-6-2-5-9(12)10-7(6)3-4-8(10)11/h2,5,8H,3-4H2,1H3. The van der Waals surface area contributed by atoms with Crippen LogP contribution in [-0.2, 0) is 6.42 Å². The van der Waals surface area contributed by atoms with Crippen LogP contribution in [0.2, 0.25) is 0 Å². The van der Waals surface area contributed by atoms with Crippen LogP contribution < -0.4 is 0 Å². The van der Waals surface area contributed by atoms with Crippen LogP contribution in [0, 0.1) is 12.7 Å². The van der Waals surface area contributed by atoms with Crippen molar-refractivity contribution in [3.8, 4) is 0 Å². The summed E-state index contributed by atoms with van der Waals surface area (Å²) < 4.78 is 13.2. The first-order valence-corrected chi connectivity index (χ1v) is 4.55. The molecule has 0 nitrogen and oxygen atoms in total. The fourth-order valence-electron chi connectivity index (χ4n) is 1.83. The van der Waals surface area contributed by atoms with Crippen molar-refractivity contribution in [1.82, 2.24) is 0 Å². The molecule has 2 heteroatoms. The number of rotatable bonds is 0. The minimum Gasteiger partial charge on any atom is -0.207 e. The van der Waals surface area contributed by atoms with Crippen molar-refractivity contribution in [2.75, 3.05) is 0 Å². The van der Waals surface area contributed by atoms with Crippen molar-refractivity contribution in [3.05, 3.63) is 34.6 Å². The Morgan fingerprint density at radius 3 is 2.92 bits per heavy atom. The third-order valence-electron chi connectivity index (χ3n) is 2.50. The van der Waals surface area contributed by atoms with Crippen LogP contribution in [0.25, 0.3) is 0 Å². The second kappa shape index (κ2) is 2.74. The van der Waals surface area contributed by atoms with Crippen LogP contribution in [0.15, 0.2) is 12.1 Å². The highest BCUT2D eigenvalue weighted by Gasteiger charge is 2.24. The fourth-order valence-corrected chi connectivity index (χ4v) is 2.18. The lowest BCUT2D eigenvalue weighted by Crippen LogP contribution is -1.92. The van der Waals surface area contributed by atoms with E-state index in [1.54, 1.807) is 0 Å². The lowest BCUT2D eigenvalue weighted by atomic mass is 10.0. The molecule has 0 N–H and O–H groups in total. The zero-order valence-corrected chi connectivity index (χ0v) is 7.66. The van der Waals surface area contributed by atoms with E-state index in [2.05, 4.69) is 0 Å². The summed E-state index contributed by atoms with van der Waals surface area (Å²) in [6.07, 6.45) is 1.80. The van der Waals surface area contributed by atoms with E-state index >= 15 is 0 Å². The van der Waals surface area contributed by atoms with Crippen LogP contribution in [0.3, 0.4) is 0 Å². The summed E-state index contributed by atoms with van der Waals surface area (Å²) in [5.74, 6) is -0.145. The first-order chi connectivity index (χ1) is 5.70. The molecule has 0 spiro atoms. The Labute approximate surface area is 76.4 Å². The molecular formula is C10H10ClF. The van der Waals surface area contributed by atoms with E-state index in [1.807, 2.05) is 13.0 Å². The fraction of sp³-hybridized carbons (Fsp3) is 0.400. The molecule has 1 aromatic carbocycles. The van der Waals surface area contributed by atoms with Gasteiger partial charge in [0.15, 0.2) is 0 Å². The molecule has 0 heterocycles. The molecule has 12 heavy (non-hydrogen) atoms. The van der Waals surface area contributed by atoms with Gasteiger partial charge in [-0.05, 0) is 37.0 Å². The Kier molecular flexibility index (Phi) is 1.84. The van der Waals surface area contributed by atoms with E-state index in [9.17, 15) is 4.39 Å². The number of fused-ring (bicyclic) bond motifs is 1. The largest absolute Gasteiger partial charge is 0.207 e. The predicted octanol–water partition coefficient (Wildman–Crippen LogP) is 3.36. The summed E-state index contributed by atoms with van der Waals surface area (Å²) in [7, 11) is 0. The molecule has 0 aromatic heterocycles. The molecule has 1 atom stereocenters. The minimum absolute atomic E-state index is 0.111. The lowest BCUT2D eigenvalue weighted by Gasteiger charge is -2.06. The Bertz CT molecular complexity index is 320. The number of aryl methyl sites for hydroxylation is 1. The quantitative estimate of drug-likeness (QED) is 0.543. The highest BCUT2D eigenvalue weighted by atomic mass is 35.5. The first kappa shape index (κ1) is 8.06. The molecule has 0 radical (unpaired) electrons. The Balaban J connectivity index is 2.64. The van der Waals surface area contributed by atoms with Crippen LogP contribution in [0.5, 0.6) is 0 Å². The molecule has 1 aromatic rings. The number of benzene rings is 1. The second-order valence-electron chi connectivity index (χ2n) is 3.26. The van der Waals surface area contributed by atoms with Crippen molar-refractivity contribution >= 4 is 11.6 Å². The molecule has 0 fully saturated rings. The van der Waals surface area contributed by atoms with Gasteiger partial charge in [-0.15, -0.1) is 11.6 Å². The zero-order chi connectivity index (χ0) is 8.72. The lowest BCUT2D eigenvalue weighted by molar-refractivity contribution is 0.610. The molecule has 1 unspecified atom stereocenters. The second-order valence-corrected chi connectivity index (χ2v) is 3.79. The summed E-state index contributed by atoms with van der Waals surface area (Å²) in [5, 5.41) is -0.111. The van der Waals surface area contributed by atoms with Crippen molar-refractivity contribution in [3.63, 3.8) is 0 Å². The molecule has 0 saturated heterocycles. The SMILES string of the molecule is Cc1ccc(F)c2c1CCC2Cl. The van der Waals surface area contributed by atoms with E-state index in [1.165, 1.54) is 6.07 Å².